The van der Waals surface area contributed by atoms with Crippen LogP contribution in [0, 0.1) is 6.92 Å². The summed E-state index contributed by atoms with van der Waals surface area (Å²) in [7, 11) is 1.57. The maximum absolute atomic E-state index is 12.2. The second-order valence-electron chi connectivity index (χ2n) is 4.63. The van der Waals surface area contributed by atoms with Crippen molar-refractivity contribution in [2.75, 3.05) is 12.4 Å². The van der Waals surface area contributed by atoms with Crippen LogP contribution in [0.1, 0.15) is 26.3 Å². The topological polar surface area (TPSA) is 58.2 Å². The lowest BCUT2D eigenvalue weighted by atomic mass is 10.1. The fourth-order valence-corrected chi connectivity index (χ4v) is 2.56. The highest BCUT2D eigenvalue weighted by molar-refractivity contribution is 9.10. The molecule has 0 radical (unpaired) electrons. The fraction of sp³-hybridized carbons (Fsp3) is 0.125. The Bertz CT molecular complexity index is 678. The highest BCUT2D eigenvalue weighted by Crippen LogP contribution is 2.17. The highest BCUT2D eigenvalue weighted by atomic mass is 79.9. The number of carbonyl (C=O) groups excluding carboxylic acids is 2. The van der Waals surface area contributed by atoms with Crippen LogP contribution in [0.25, 0.3) is 0 Å². The van der Waals surface area contributed by atoms with Crippen molar-refractivity contribution in [1.82, 2.24) is 5.32 Å². The van der Waals surface area contributed by atoms with Crippen LogP contribution in [0.4, 0.5) is 5.69 Å². The van der Waals surface area contributed by atoms with E-state index < -0.39 is 0 Å². The van der Waals surface area contributed by atoms with Crippen LogP contribution in [0.5, 0.6) is 0 Å². The van der Waals surface area contributed by atoms with Crippen molar-refractivity contribution in [3.63, 3.8) is 0 Å². The van der Waals surface area contributed by atoms with Gasteiger partial charge in [0.2, 0.25) is 0 Å². The molecule has 2 amide bonds. The number of benzene rings is 2. The van der Waals surface area contributed by atoms with Gasteiger partial charge in [0.15, 0.2) is 0 Å². The SMILES string of the molecule is CNC(=O)c1cccc(NC(=O)c2cc(C)cc(Br)c2)c1. The number of carbonyl (C=O) groups is 2. The van der Waals surface area contributed by atoms with Crippen molar-refractivity contribution in [3.8, 4) is 0 Å². The number of aryl methyl sites for hydroxylation is 1. The van der Waals surface area contributed by atoms with Gasteiger partial charge in [0.05, 0.1) is 0 Å². The lowest BCUT2D eigenvalue weighted by molar-refractivity contribution is 0.0961. The van der Waals surface area contributed by atoms with Gasteiger partial charge in [0, 0.05) is 28.3 Å². The first kappa shape index (κ1) is 15.3. The van der Waals surface area contributed by atoms with Crippen molar-refractivity contribution in [2.24, 2.45) is 0 Å². The van der Waals surface area contributed by atoms with Crippen molar-refractivity contribution >= 4 is 33.4 Å². The molecule has 0 aliphatic rings. The predicted octanol–water partition coefficient (Wildman–Crippen LogP) is 3.37. The molecule has 2 N–H and O–H groups in total. The van der Waals surface area contributed by atoms with E-state index in [1.807, 2.05) is 19.1 Å². The summed E-state index contributed by atoms with van der Waals surface area (Å²) >= 11 is 3.37. The molecule has 108 valence electrons. The van der Waals surface area contributed by atoms with Crippen molar-refractivity contribution in [1.29, 1.82) is 0 Å². The second-order valence-corrected chi connectivity index (χ2v) is 5.55. The normalized spacial score (nSPS) is 10.0. The molecule has 2 rings (SSSR count). The Labute approximate surface area is 131 Å². The van der Waals surface area contributed by atoms with Crippen molar-refractivity contribution in [3.05, 3.63) is 63.6 Å². The van der Waals surface area contributed by atoms with Gasteiger partial charge in [-0.1, -0.05) is 22.0 Å². The van der Waals surface area contributed by atoms with Crippen molar-refractivity contribution < 1.29 is 9.59 Å². The quantitative estimate of drug-likeness (QED) is 0.894. The molecule has 0 spiro atoms. The fourth-order valence-electron chi connectivity index (χ4n) is 1.95. The Morgan fingerprint density at radius 2 is 1.76 bits per heavy atom. The zero-order chi connectivity index (χ0) is 15.4. The number of amides is 2. The van der Waals surface area contributed by atoms with Crippen LogP contribution in [0.2, 0.25) is 0 Å². The van der Waals surface area contributed by atoms with Gasteiger partial charge in [-0.15, -0.1) is 0 Å². The molecule has 0 aliphatic carbocycles. The molecule has 0 atom stereocenters. The Balaban J connectivity index is 2.21. The van der Waals surface area contributed by atoms with E-state index in [1.54, 1.807) is 37.4 Å². The molecule has 5 heteroatoms. The number of hydrogen-bond donors (Lipinski definition) is 2. The first-order valence-corrected chi connectivity index (χ1v) is 7.19. The standard InChI is InChI=1S/C16H15BrN2O2/c1-10-6-12(8-13(17)7-10)16(21)19-14-5-3-4-11(9-14)15(20)18-2/h3-9H,1-2H3,(H,18,20)(H,19,21). The van der Waals surface area contributed by atoms with Gasteiger partial charge < -0.3 is 10.6 Å². The third kappa shape index (κ3) is 3.92. The zero-order valence-electron chi connectivity index (χ0n) is 11.7. The Hall–Kier alpha value is -2.14. The van der Waals surface area contributed by atoms with E-state index in [9.17, 15) is 9.59 Å². The van der Waals surface area contributed by atoms with Gasteiger partial charge in [0.1, 0.15) is 0 Å². The summed E-state index contributed by atoms with van der Waals surface area (Å²) in [4.78, 5) is 23.8. The summed E-state index contributed by atoms with van der Waals surface area (Å²) < 4.78 is 0.853. The molecule has 2 aromatic rings. The second kappa shape index (κ2) is 6.54. The van der Waals surface area contributed by atoms with Crippen molar-refractivity contribution in [2.45, 2.75) is 6.92 Å². The summed E-state index contributed by atoms with van der Waals surface area (Å²) in [5, 5.41) is 5.34. The first-order chi connectivity index (χ1) is 9.99. The molecule has 0 saturated carbocycles. The van der Waals surface area contributed by atoms with Crippen LogP contribution < -0.4 is 10.6 Å². The molecule has 0 fully saturated rings. The molecule has 2 aromatic carbocycles. The van der Waals surface area contributed by atoms with Gasteiger partial charge in [-0.05, 0) is 48.9 Å². The van der Waals surface area contributed by atoms with Gasteiger partial charge >= 0.3 is 0 Å². The average Bonchev–Trinajstić information content (AvgIpc) is 2.45. The van der Waals surface area contributed by atoms with Gasteiger partial charge in [-0.2, -0.15) is 0 Å². The number of halogens is 1. The van der Waals surface area contributed by atoms with E-state index >= 15 is 0 Å². The number of rotatable bonds is 3. The molecule has 0 aliphatic heterocycles. The van der Waals surface area contributed by atoms with Crippen LogP contribution in [-0.2, 0) is 0 Å². The molecule has 0 aromatic heterocycles. The lowest BCUT2D eigenvalue weighted by Gasteiger charge is -2.08. The van der Waals surface area contributed by atoms with Crippen LogP contribution in [0.15, 0.2) is 46.9 Å². The Kier molecular flexibility index (Phi) is 4.75. The molecule has 21 heavy (non-hydrogen) atoms. The van der Waals surface area contributed by atoms with E-state index in [2.05, 4.69) is 26.6 Å². The summed E-state index contributed by atoms with van der Waals surface area (Å²) in [5.41, 5.74) is 2.64. The van der Waals surface area contributed by atoms with E-state index in [0.717, 1.165) is 10.0 Å². The van der Waals surface area contributed by atoms with E-state index in [0.29, 0.717) is 16.8 Å². The van der Waals surface area contributed by atoms with Crippen LogP contribution in [0.3, 0.4) is 0 Å². The van der Waals surface area contributed by atoms with Gasteiger partial charge in [0.25, 0.3) is 11.8 Å². The van der Waals surface area contributed by atoms with E-state index in [1.165, 1.54) is 0 Å². The molecule has 0 unspecified atom stereocenters. The maximum atomic E-state index is 12.2. The van der Waals surface area contributed by atoms with Crippen LogP contribution >= 0.6 is 15.9 Å². The number of nitrogens with one attached hydrogen (secondary N) is 2. The van der Waals surface area contributed by atoms with Crippen LogP contribution in [-0.4, -0.2) is 18.9 Å². The minimum Gasteiger partial charge on any atom is -0.355 e. The van der Waals surface area contributed by atoms with Gasteiger partial charge in [-0.25, -0.2) is 0 Å². The molecular formula is C16H15BrN2O2. The number of hydrogen-bond acceptors (Lipinski definition) is 2. The minimum absolute atomic E-state index is 0.190. The molecular weight excluding hydrogens is 332 g/mol. The highest BCUT2D eigenvalue weighted by Gasteiger charge is 2.09. The largest absolute Gasteiger partial charge is 0.355 e. The summed E-state index contributed by atoms with van der Waals surface area (Å²) in [6, 6.07) is 12.3. The Morgan fingerprint density at radius 1 is 1.00 bits per heavy atom. The van der Waals surface area contributed by atoms with Gasteiger partial charge in [-0.3, -0.25) is 9.59 Å². The summed E-state index contributed by atoms with van der Waals surface area (Å²) in [6.07, 6.45) is 0. The molecule has 0 saturated heterocycles. The summed E-state index contributed by atoms with van der Waals surface area (Å²) in [5.74, 6) is -0.405. The third-order valence-electron chi connectivity index (χ3n) is 2.91. The minimum atomic E-state index is -0.214. The van der Waals surface area contributed by atoms with E-state index in [4.69, 9.17) is 0 Å². The predicted molar refractivity (Wildman–Crippen MR) is 86.7 cm³/mol. The Morgan fingerprint density at radius 3 is 2.43 bits per heavy atom. The average molecular weight is 347 g/mol. The summed E-state index contributed by atoms with van der Waals surface area (Å²) in [6.45, 7) is 1.92. The van der Waals surface area contributed by atoms with E-state index in [-0.39, 0.29) is 11.8 Å². The smallest absolute Gasteiger partial charge is 0.255 e. The lowest BCUT2D eigenvalue weighted by Crippen LogP contribution is -2.18. The monoisotopic (exact) mass is 346 g/mol. The third-order valence-corrected chi connectivity index (χ3v) is 3.37. The molecule has 0 bridgehead atoms. The number of anilines is 1. The molecule has 0 heterocycles. The molecule has 4 nitrogen and oxygen atoms in total. The maximum Gasteiger partial charge on any atom is 0.255 e. The zero-order valence-corrected chi connectivity index (χ0v) is 13.3. The first-order valence-electron chi connectivity index (χ1n) is 6.40.